The average Bonchev–Trinajstić information content (AvgIpc) is 3.22. The first kappa shape index (κ1) is 16.0. The Morgan fingerprint density at radius 3 is 3.12 bits per heavy atom. The highest BCUT2D eigenvalue weighted by Crippen LogP contribution is 2.32. The van der Waals surface area contributed by atoms with E-state index in [-0.39, 0.29) is 17.6 Å². The highest BCUT2D eigenvalue weighted by molar-refractivity contribution is 7.22. The van der Waals surface area contributed by atoms with Gasteiger partial charge in [0.05, 0.1) is 10.6 Å². The molecule has 1 atom stereocenters. The van der Waals surface area contributed by atoms with Gasteiger partial charge in [0.1, 0.15) is 17.1 Å². The second kappa shape index (κ2) is 6.44. The molecule has 1 aliphatic heterocycles. The van der Waals surface area contributed by atoms with Gasteiger partial charge in [-0.15, -0.1) is 0 Å². The molecule has 1 aliphatic rings. The van der Waals surface area contributed by atoms with Crippen LogP contribution in [0, 0.1) is 18.7 Å². The normalized spacial score (nSPS) is 17.8. The molecule has 1 fully saturated rings. The van der Waals surface area contributed by atoms with Gasteiger partial charge in [-0.2, -0.15) is 0 Å². The van der Waals surface area contributed by atoms with Crippen LogP contribution in [0.15, 0.2) is 28.8 Å². The molecule has 3 aromatic rings. The van der Waals surface area contributed by atoms with Crippen molar-refractivity contribution in [2.75, 3.05) is 23.3 Å². The van der Waals surface area contributed by atoms with Crippen LogP contribution in [-0.4, -0.2) is 29.1 Å². The quantitative estimate of drug-likeness (QED) is 0.773. The van der Waals surface area contributed by atoms with Crippen LogP contribution < -0.4 is 10.2 Å². The minimum Gasteiger partial charge on any atom is -0.360 e. The second-order valence-electron chi connectivity index (χ2n) is 6.18. The van der Waals surface area contributed by atoms with Crippen LogP contribution in [0.25, 0.3) is 10.2 Å². The topological polar surface area (TPSA) is 71.3 Å². The van der Waals surface area contributed by atoms with Crippen molar-refractivity contribution < 1.29 is 13.7 Å². The molecule has 0 aliphatic carbocycles. The zero-order valence-electron chi connectivity index (χ0n) is 13.7. The molecule has 4 rings (SSSR count). The van der Waals surface area contributed by atoms with Crippen molar-refractivity contribution in [3.05, 3.63) is 35.8 Å². The molecule has 1 N–H and O–H groups in total. The highest BCUT2D eigenvalue weighted by atomic mass is 32.1. The van der Waals surface area contributed by atoms with E-state index in [0.717, 1.165) is 29.2 Å². The number of halogens is 1. The summed E-state index contributed by atoms with van der Waals surface area (Å²) in [5, 5.41) is 7.35. The van der Waals surface area contributed by atoms with Gasteiger partial charge in [-0.25, -0.2) is 9.37 Å². The SMILES string of the molecule is Cc1cc(NC(=O)C2CCCN(c3nc4c(F)cccc4s3)C2)no1. The highest BCUT2D eigenvalue weighted by Gasteiger charge is 2.28. The van der Waals surface area contributed by atoms with Crippen molar-refractivity contribution in [3.63, 3.8) is 0 Å². The number of rotatable bonds is 3. The summed E-state index contributed by atoms with van der Waals surface area (Å²) in [6.07, 6.45) is 1.69. The van der Waals surface area contributed by atoms with E-state index in [4.69, 9.17) is 4.52 Å². The number of piperidine rings is 1. The summed E-state index contributed by atoms with van der Waals surface area (Å²) < 4.78 is 19.6. The van der Waals surface area contributed by atoms with E-state index >= 15 is 0 Å². The molecule has 0 saturated carbocycles. The lowest BCUT2D eigenvalue weighted by atomic mass is 9.97. The molecule has 3 heterocycles. The summed E-state index contributed by atoms with van der Waals surface area (Å²) in [6, 6.07) is 6.65. The predicted molar refractivity (Wildman–Crippen MR) is 94.4 cm³/mol. The van der Waals surface area contributed by atoms with Gasteiger partial charge in [0.15, 0.2) is 10.9 Å². The van der Waals surface area contributed by atoms with Gasteiger partial charge in [0.2, 0.25) is 5.91 Å². The fraction of sp³-hybridized carbons (Fsp3) is 0.353. The summed E-state index contributed by atoms with van der Waals surface area (Å²) in [5.74, 6) is 0.527. The molecule has 0 bridgehead atoms. The van der Waals surface area contributed by atoms with Crippen molar-refractivity contribution in [2.45, 2.75) is 19.8 Å². The number of carbonyl (C=O) groups is 1. The number of hydrogen-bond acceptors (Lipinski definition) is 6. The number of nitrogens with one attached hydrogen (secondary N) is 1. The number of amides is 1. The molecule has 8 heteroatoms. The Hall–Kier alpha value is -2.48. The molecule has 1 unspecified atom stereocenters. The summed E-state index contributed by atoms with van der Waals surface area (Å²) in [5.41, 5.74) is 0.396. The minimum absolute atomic E-state index is 0.0784. The molecule has 1 amide bonds. The lowest BCUT2D eigenvalue weighted by Gasteiger charge is -2.31. The van der Waals surface area contributed by atoms with Crippen LogP contribution in [-0.2, 0) is 4.79 Å². The lowest BCUT2D eigenvalue weighted by Crippen LogP contribution is -2.40. The van der Waals surface area contributed by atoms with Gasteiger partial charge in [0, 0.05) is 19.2 Å². The van der Waals surface area contributed by atoms with Crippen LogP contribution in [0.2, 0.25) is 0 Å². The van der Waals surface area contributed by atoms with Gasteiger partial charge in [-0.05, 0) is 31.9 Å². The number of nitrogens with zero attached hydrogens (tertiary/aromatic N) is 3. The first-order valence-electron chi connectivity index (χ1n) is 8.14. The third-order valence-electron chi connectivity index (χ3n) is 4.30. The largest absolute Gasteiger partial charge is 0.360 e. The molecule has 0 radical (unpaired) electrons. The summed E-state index contributed by atoms with van der Waals surface area (Å²) in [7, 11) is 0. The van der Waals surface area contributed by atoms with Gasteiger partial charge < -0.3 is 14.7 Å². The maximum atomic E-state index is 13.9. The van der Waals surface area contributed by atoms with Gasteiger partial charge in [-0.1, -0.05) is 22.6 Å². The van der Waals surface area contributed by atoms with Crippen molar-refractivity contribution >= 4 is 38.4 Å². The number of benzene rings is 1. The Balaban J connectivity index is 1.49. The number of anilines is 2. The zero-order valence-corrected chi connectivity index (χ0v) is 14.5. The fourth-order valence-corrected chi connectivity index (χ4v) is 4.07. The van der Waals surface area contributed by atoms with E-state index < -0.39 is 0 Å². The lowest BCUT2D eigenvalue weighted by molar-refractivity contribution is -0.120. The summed E-state index contributed by atoms with van der Waals surface area (Å²) >= 11 is 1.45. The van der Waals surface area contributed by atoms with Crippen molar-refractivity contribution in [2.24, 2.45) is 5.92 Å². The van der Waals surface area contributed by atoms with E-state index in [9.17, 15) is 9.18 Å². The minimum atomic E-state index is -0.312. The van der Waals surface area contributed by atoms with E-state index in [1.807, 2.05) is 6.07 Å². The second-order valence-corrected chi connectivity index (χ2v) is 7.19. The number of aryl methyl sites for hydroxylation is 1. The summed E-state index contributed by atoms with van der Waals surface area (Å²) in [4.78, 5) is 19.0. The van der Waals surface area contributed by atoms with Gasteiger partial charge >= 0.3 is 0 Å². The number of fused-ring (bicyclic) bond motifs is 1. The van der Waals surface area contributed by atoms with Gasteiger partial charge in [-0.3, -0.25) is 4.79 Å². The van der Waals surface area contributed by atoms with E-state index in [1.54, 1.807) is 19.1 Å². The number of hydrogen-bond donors (Lipinski definition) is 1. The van der Waals surface area contributed by atoms with Crippen molar-refractivity contribution in [1.29, 1.82) is 0 Å². The molecule has 1 saturated heterocycles. The molecule has 25 heavy (non-hydrogen) atoms. The van der Waals surface area contributed by atoms with Crippen LogP contribution in [0.1, 0.15) is 18.6 Å². The Kier molecular flexibility index (Phi) is 4.12. The Bertz CT molecular complexity index is 922. The summed E-state index contributed by atoms with van der Waals surface area (Å²) in [6.45, 7) is 3.15. The Morgan fingerprint density at radius 2 is 2.36 bits per heavy atom. The molecular weight excluding hydrogens is 343 g/mol. The standard InChI is InChI=1S/C17H17FN4O2S/c1-10-8-14(21-24-10)19-16(23)11-4-3-7-22(9-11)17-20-15-12(18)5-2-6-13(15)25-17/h2,5-6,8,11H,3-4,7,9H2,1H3,(H,19,21,23). The number of carbonyl (C=O) groups excluding carboxylic acids is 1. The number of aromatic nitrogens is 2. The first-order valence-corrected chi connectivity index (χ1v) is 8.96. The average molecular weight is 360 g/mol. The monoisotopic (exact) mass is 360 g/mol. The van der Waals surface area contributed by atoms with Gasteiger partial charge in [0.25, 0.3) is 0 Å². The molecule has 2 aromatic heterocycles. The predicted octanol–water partition coefficient (Wildman–Crippen LogP) is 3.59. The van der Waals surface area contributed by atoms with E-state index in [0.29, 0.717) is 23.6 Å². The molecule has 130 valence electrons. The zero-order chi connectivity index (χ0) is 17.4. The third-order valence-corrected chi connectivity index (χ3v) is 5.38. The van der Waals surface area contributed by atoms with Crippen LogP contribution >= 0.6 is 11.3 Å². The smallest absolute Gasteiger partial charge is 0.230 e. The van der Waals surface area contributed by atoms with E-state index in [1.165, 1.54) is 17.4 Å². The van der Waals surface area contributed by atoms with E-state index in [2.05, 4.69) is 20.4 Å². The van der Waals surface area contributed by atoms with Crippen molar-refractivity contribution in [1.82, 2.24) is 10.1 Å². The maximum absolute atomic E-state index is 13.9. The van der Waals surface area contributed by atoms with Crippen LogP contribution in [0.4, 0.5) is 15.3 Å². The fourth-order valence-electron chi connectivity index (χ4n) is 3.06. The van der Waals surface area contributed by atoms with Crippen molar-refractivity contribution in [3.8, 4) is 0 Å². The molecule has 6 nitrogen and oxygen atoms in total. The van der Waals surface area contributed by atoms with Crippen LogP contribution in [0.3, 0.4) is 0 Å². The Morgan fingerprint density at radius 1 is 1.48 bits per heavy atom. The Labute approximate surface area is 147 Å². The van der Waals surface area contributed by atoms with Crippen LogP contribution in [0.5, 0.6) is 0 Å². The molecule has 0 spiro atoms. The molecule has 1 aromatic carbocycles. The maximum Gasteiger partial charge on any atom is 0.230 e. The first-order chi connectivity index (χ1) is 12.1. The molecular formula is C17H17FN4O2S. The number of thiazole rings is 1. The number of para-hydroxylation sites is 1. The third kappa shape index (κ3) is 3.21.